The molecule has 3 aromatic rings. The van der Waals surface area contributed by atoms with Crippen LogP contribution >= 0.6 is 0 Å². The van der Waals surface area contributed by atoms with Gasteiger partial charge in [-0.15, -0.1) is 0 Å². The lowest BCUT2D eigenvalue weighted by molar-refractivity contribution is 0.475. The molecule has 0 saturated carbocycles. The Morgan fingerprint density at radius 2 is 1.93 bits per heavy atom. The van der Waals surface area contributed by atoms with Crippen molar-refractivity contribution in [1.82, 2.24) is 18.7 Å². The van der Waals surface area contributed by atoms with Gasteiger partial charge in [0.05, 0.1) is 12.3 Å². The summed E-state index contributed by atoms with van der Waals surface area (Å²) >= 11 is 0. The number of sulfone groups is 1. The zero-order valence-corrected chi connectivity index (χ0v) is 16.6. The van der Waals surface area contributed by atoms with E-state index in [4.69, 9.17) is 5.73 Å². The second kappa shape index (κ2) is 7.57. The summed E-state index contributed by atoms with van der Waals surface area (Å²) in [5, 5.41) is 9.16. The smallest absolute Gasteiger partial charge is 0.333 e. The van der Waals surface area contributed by atoms with E-state index >= 15 is 0 Å². The Kier molecular flexibility index (Phi) is 5.32. The molecule has 1 aromatic carbocycles. The van der Waals surface area contributed by atoms with Gasteiger partial charge in [-0.05, 0) is 18.2 Å². The Morgan fingerprint density at radius 3 is 2.59 bits per heavy atom. The van der Waals surface area contributed by atoms with E-state index in [0.717, 1.165) is 13.7 Å². The van der Waals surface area contributed by atoms with E-state index < -0.39 is 21.1 Å². The molecule has 11 heteroatoms. The molecule has 0 bridgehead atoms. The topological polar surface area (TPSA) is 142 Å². The van der Waals surface area contributed by atoms with E-state index in [0.29, 0.717) is 5.56 Å². The van der Waals surface area contributed by atoms with Gasteiger partial charge in [0.25, 0.3) is 5.56 Å². The first kappa shape index (κ1) is 20.4. The molecule has 3 N–H and O–H groups in total. The number of hydrogen-bond donors (Lipinski definition) is 2. The quantitative estimate of drug-likeness (QED) is 0.514. The molecule has 0 spiro atoms. The van der Waals surface area contributed by atoms with E-state index in [1.165, 1.54) is 26.2 Å². The first-order chi connectivity index (χ1) is 13.7. The summed E-state index contributed by atoms with van der Waals surface area (Å²) in [5.41, 5.74) is 4.47. The number of rotatable bonds is 4. The number of imidazole rings is 1. The molecule has 0 unspecified atom stereocenters. The molecule has 0 aliphatic carbocycles. The molecule has 3 rings (SSSR count). The predicted molar refractivity (Wildman–Crippen MR) is 106 cm³/mol. The molecule has 10 nitrogen and oxygen atoms in total. The monoisotopic (exact) mass is 417 g/mol. The minimum Gasteiger partial charge on any atom is -0.508 e. The summed E-state index contributed by atoms with van der Waals surface area (Å²) in [5.74, 6) is 5.30. The van der Waals surface area contributed by atoms with Gasteiger partial charge in [-0.3, -0.25) is 13.9 Å². The van der Waals surface area contributed by atoms with E-state index in [-0.39, 0.29) is 40.9 Å². The molecule has 0 radical (unpaired) electrons. The minimum atomic E-state index is -3.83. The average Bonchev–Trinajstić information content (AvgIpc) is 3.01. The highest BCUT2D eigenvalue weighted by molar-refractivity contribution is 7.91. The molecule has 2 heterocycles. The highest BCUT2D eigenvalue weighted by Gasteiger charge is 2.25. The molecular weight excluding hydrogens is 398 g/mol. The van der Waals surface area contributed by atoms with Gasteiger partial charge in [0.2, 0.25) is 15.0 Å². The summed E-state index contributed by atoms with van der Waals surface area (Å²) in [6.07, 6.45) is 0. The van der Waals surface area contributed by atoms with Gasteiger partial charge < -0.3 is 15.4 Å². The van der Waals surface area contributed by atoms with Gasteiger partial charge in [-0.1, -0.05) is 17.9 Å². The van der Waals surface area contributed by atoms with Crippen LogP contribution in [0.1, 0.15) is 5.56 Å². The van der Waals surface area contributed by atoms with Crippen molar-refractivity contribution in [2.75, 3.05) is 12.3 Å². The molecule has 0 aliphatic rings. The lowest BCUT2D eigenvalue weighted by atomic mass is 10.2. The number of phenolic OH excluding ortho intramolecular Hbond substituents is 1. The lowest BCUT2D eigenvalue weighted by Crippen LogP contribution is -2.38. The summed E-state index contributed by atoms with van der Waals surface area (Å²) in [6, 6.07) is 6.28. The summed E-state index contributed by atoms with van der Waals surface area (Å²) in [7, 11) is -1.14. The van der Waals surface area contributed by atoms with Crippen LogP contribution in [0.3, 0.4) is 0 Å². The number of aromatic hydroxyl groups is 1. The van der Waals surface area contributed by atoms with Crippen molar-refractivity contribution in [3.8, 4) is 17.6 Å². The maximum Gasteiger partial charge on any atom is 0.333 e. The highest BCUT2D eigenvalue weighted by Crippen LogP contribution is 2.15. The molecule has 0 saturated heterocycles. The number of nitrogens with two attached hydrogens (primary N) is 1. The van der Waals surface area contributed by atoms with E-state index in [2.05, 4.69) is 16.8 Å². The number of nitrogens with zero attached hydrogens (tertiary/aromatic N) is 4. The Balaban J connectivity index is 2.20. The first-order valence-corrected chi connectivity index (χ1v) is 10.2. The largest absolute Gasteiger partial charge is 0.508 e. The second-order valence-electron chi connectivity index (χ2n) is 6.32. The fraction of sp³-hybridized carbons (Fsp3) is 0.278. The predicted octanol–water partition coefficient (Wildman–Crippen LogP) is -1.08. The molecule has 0 amide bonds. The zero-order chi connectivity index (χ0) is 21.3. The fourth-order valence-corrected chi connectivity index (χ4v) is 4.11. The fourth-order valence-electron chi connectivity index (χ4n) is 2.88. The van der Waals surface area contributed by atoms with Crippen LogP contribution in [0.25, 0.3) is 11.2 Å². The van der Waals surface area contributed by atoms with Crippen LogP contribution < -0.4 is 17.0 Å². The number of benzene rings is 1. The number of hydrogen-bond acceptors (Lipinski definition) is 7. The van der Waals surface area contributed by atoms with Crippen molar-refractivity contribution in [2.45, 2.75) is 11.7 Å². The van der Waals surface area contributed by atoms with Gasteiger partial charge in [-0.2, -0.15) is 4.98 Å². The Morgan fingerprint density at radius 1 is 1.21 bits per heavy atom. The van der Waals surface area contributed by atoms with Crippen LogP contribution in [-0.2, 0) is 30.5 Å². The Labute approximate surface area is 165 Å². The third-order valence-electron chi connectivity index (χ3n) is 4.30. The SMILES string of the molecule is Cn1c(=O)c2c(nc(S(=O)(=O)CCN)n2C)n(CC#Cc2cccc(O)c2)c1=O. The molecule has 152 valence electrons. The van der Waals surface area contributed by atoms with E-state index in [9.17, 15) is 23.1 Å². The Bertz CT molecular complexity index is 1390. The molecule has 0 aliphatic heterocycles. The van der Waals surface area contributed by atoms with Crippen LogP contribution in [0.15, 0.2) is 39.0 Å². The van der Waals surface area contributed by atoms with Crippen molar-refractivity contribution in [3.05, 3.63) is 50.7 Å². The third-order valence-corrected chi connectivity index (χ3v) is 5.99. The van der Waals surface area contributed by atoms with Gasteiger partial charge in [-0.25, -0.2) is 13.2 Å². The van der Waals surface area contributed by atoms with Gasteiger partial charge in [0.1, 0.15) is 5.75 Å². The van der Waals surface area contributed by atoms with Crippen molar-refractivity contribution in [1.29, 1.82) is 0 Å². The van der Waals surface area contributed by atoms with Crippen LogP contribution in [0, 0.1) is 11.8 Å². The second-order valence-corrected chi connectivity index (χ2v) is 8.32. The first-order valence-electron chi connectivity index (χ1n) is 8.54. The maximum atomic E-state index is 12.6. The normalized spacial score (nSPS) is 11.4. The van der Waals surface area contributed by atoms with Crippen molar-refractivity contribution in [2.24, 2.45) is 19.8 Å². The summed E-state index contributed by atoms with van der Waals surface area (Å²) < 4.78 is 28.0. The van der Waals surface area contributed by atoms with E-state index in [1.807, 2.05) is 0 Å². The van der Waals surface area contributed by atoms with Crippen molar-refractivity contribution in [3.63, 3.8) is 0 Å². The zero-order valence-electron chi connectivity index (χ0n) is 15.8. The highest BCUT2D eigenvalue weighted by atomic mass is 32.2. The van der Waals surface area contributed by atoms with E-state index in [1.54, 1.807) is 12.1 Å². The molecule has 0 atom stereocenters. The third kappa shape index (κ3) is 3.67. The van der Waals surface area contributed by atoms with Gasteiger partial charge >= 0.3 is 5.69 Å². The lowest BCUT2D eigenvalue weighted by Gasteiger charge is -2.06. The van der Waals surface area contributed by atoms with Crippen molar-refractivity contribution >= 4 is 21.0 Å². The summed E-state index contributed by atoms with van der Waals surface area (Å²) in [6.45, 7) is -0.238. The van der Waals surface area contributed by atoms with Gasteiger partial charge in [0, 0.05) is 26.2 Å². The molecule has 0 fully saturated rings. The number of aromatic nitrogens is 4. The van der Waals surface area contributed by atoms with Gasteiger partial charge in [0.15, 0.2) is 11.2 Å². The van der Waals surface area contributed by atoms with Crippen LogP contribution in [0.2, 0.25) is 0 Å². The number of aryl methyl sites for hydroxylation is 1. The van der Waals surface area contributed by atoms with Crippen LogP contribution in [0.4, 0.5) is 0 Å². The average molecular weight is 417 g/mol. The molecular formula is C18H19N5O5S. The summed E-state index contributed by atoms with van der Waals surface area (Å²) in [4.78, 5) is 29.2. The minimum absolute atomic E-state index is 0.0261. The van der Waals surface area contributed by atoms with Crippen LogP contribution in [0.5, 0.6) is 5.75 Å². The Hall–Kier alpha value is -3.36. The number of phenols is 1. The standard InChI is InChI=1S/C18H19N5O5S/c1-21-14-15(20-17(21)29(27,28)10-8-19)23(18(26)22(2)16(14)25)9-4-6-12-5-3-7-13(24)11-12/h3,5,7,11,24H,8-10,19H2,1-2H3. The van der Waals surface area contributed by atoms with Crippen LogP contribution in [-0.4, -0.2) is 44.5 Å². The number of fused-ring (bicyclic) bond motifs is 1. The maximum absolute atomic E-state index is 12.6. The molecule has 29 heavy (non-hydrogen) atoms. The van der Waals surface area contributed by atoms with Crippen molar-refractivity contribution < 1.29 is 13.5 Å². The molecule has 2 aromatic heterocycles.